The fourth-order valence-electron chi connectivity index (χ4n) is 2.46. The van der Waals surface area contributed by atoms with Crippen LogP contribution in [0.4, 0.5) is 5.69 Å². The zero-order valence-corrected chi connectivity index (χ0v) is 14.9. The number of hydrogen-bond acceptors (Lipinski definition) is 3. The number of nitrogens with zero attached hydrogens (tertiary/aromatic N) is 2. The zero-order valence-electron chi connectivity index (χ0n) is 14.9. The van der Waals surface area contributed by atoms with E-state index in [1.807, 2.05) is 50.2 Å². The SMILES string of the molecule is C=C(/C=N/N(C(=O)c1ccccc1N)C(C)Cc1ccccc1)CC. The molecule has 2 aromatic rings. The van der Waals surface area contributed by atoms with E-state index in [0.717, 1.165) is 17.6 Å². The van der Waals surface area contributed by atoms with Crippen LogP contribution in [0.5, 0.6) is 0 Å². The number of hydrogen-bond donors (Lipinski definition) is 1. The molecule has 0 aliphatic carbocycles. The molecule has 1 atom stereocenters. The lowest BCUT2D eigenvalue weighted by Crippen LogP contribution is -2.36. The molecular formula is C21H25N3O. The second-order valence-electron chi connectivity index (χ2n) is 6.03. The summed E-state index contributed by atoms with van der Waals surface area (Å²) in [5.74, 6) is -0.207. The van der Waals surface area contributed by atoms with Gasteiger partial charge in [0.25, 0.3) is 5.91 Å². The van der Waals surface area contributed by atoms with E-state index in [2.05, 4.69) is 11.7 Å². The van der Waals surface area contributed by atoms with Crippen molar-refractivity contribution in [2.24, 2.45) is 5.10 Å². The maximum absolute atomic E-state index is 13.0. The summed E-state index contributed by atoms with van der Waals surface area (Å²) in [5.41, 5.74) is 8.91. The molecule has 0 fully saturated rings. The lowest BCUT2D eigenvalue weighted by atomic mass is 10.1. The maximum atomic E-state index is 13.0. The average molecular weight is 335 g/mol. The van der Waals surface area contributed by atoms with Gasteiger partial charge < -0.3 is 5.73 Å². The number of carbonyl (C=O) groups excluding carboxylic acids is 1. The topological polar surface area (TPSA) is 58.7 Å². The number of para-hydroxylation sites is 1. The van der Waals surface area contributed by atoms with Gasteiger partial charge in [-0.25, -0.2) is 5.01 Å². The van der Waals surface area contributed by atoms with E-state index < -0.39 is 0 Å². The minimum Gasteiger partial charge on any atom is -0.398 e. The number of benzene rings is 2. The standard InChI is InChI=1S/C21H25N3O/c1-4-16(2)15-23-24(17(3)14-18-10-6-5-7-11-18)21(25)19-12-8-9-13-20(19)22/h5-13,15,17H,2,4,14,22H2,1,3H3/b23-15+. The van der Waals surface area contributed by atoms with Gasteiger partial charge in [0.15, 0.2) is 0 Å². The van der Waals surface area contributed by atoms with Gasteiger partial charge in [0.2, 0.25) is 0 Å². The van der Waals surface area contributed by atoms with Crippen LogP contribution in [0.2, 0.25) is 0 Å². The monoisotopic (exact) mass is 335 g/mol. The summed E-state index contributed by atoms with van der Waals surface area (Å²) in [6.07, 6.45) is 3.14. The Morgan fingerprint density at radius 3 is 2.48 bits per heavy atom. The van der Waals surface area contributed by atoms with E-state index in [1.165, 1.54) is 5.01 Å². The lowest BCUT2D eigenvalue weighted by molar-refractivity contribution is 0.0701. The van der Waals surface area contributed by atoms with Gasteiger partial charge in [-0.1, -0.05) is 56.0 Å². The molecule has 2 aromatic carbocycles. The van der Waals surface area contributed by atoms with Crippen molar-refractivity contribution in [2.45, 2.75) is 32.7 Å². The van der Waals surface area contributed by atoms with Crippen LogP contribution in [0.25, 0.3) is 0 Å². The number of allylic oxidation sites excluding steroid dienone is 1. The lowest BCUT2D eigenvalue weighted by Gasteiger charge is -2.25. The van der Waals surface area contributed by atoms with Gasteiger partial charge in [-0.15, -0.1) is 0 Å². The number of carbonyl (C=O) groups is 1. The predicted octanol–water partition coefficient (Wildman–Crippen LogP) is 4.29. The Morgan fingerprint density at radius 1 is 1.20 bits per heavy atom. The number of hydrazone groups is 1. The van der Waals surface area contributed by atoms with Gasteiger partial charge in [-0.3, -0.25) is 4.79 Å². The van der Waals surface area contributed by atoms with Crippen molar-refractivity contribution in [2.75, 3.05) is 5.73 Å². The molecule has 130 valence electrons. The molecule has 2 N–H and O–H groups in total. The highest BCUT2D eigenvalue weighted by Gasteiger charge is 2.22. The Labute approximate surface area is 149 Å². The summed E-state index contributed by atoms with van der Waals surface area (Å²) in [7, 11) is 0. The quantitative estimate of drug-likeness (QED) is 0.466. The highest BCUT2D eigenvalue weighted by atomic mass is 16.2. The molecule has 0 aliphatic rings. The van der Waals surface area contributed by atoms with Crippen molar-refractivity contribution in [1.29, 1.82) is 0 Å². The first-order chi connectivity index (χ1) is 12.0. The second-order valence-corrected chi connectivity index (χ2v) is 6.03. The third kappa shape index (κ3) is 5.05. The molecule has 2 rings (SSSR count). The van der Waals surface area contributed by atoms with Gasteiger partial charge in [0.05, 0.1) is 17.8 Å². The van der Waals surface area contributed by atoms with E-state index in [-0.39, 0.29) is 11.9 Å². The molecule has 4 heteroatoms. The van der Waals surface area contributed by atoms with Crippen molar-refractivity contribution < 1.29 is 4.79 Å². The Bertz CT molecular complexity index is 753. The van der Waals surface area contributed by atoms with Crippen LogP contribution >= 0.6 is 0 Å². The summed E-state index contributed by atoms with van der Waals surface area (Å²) in [5, 5.41) is 5.91. The number of rotatable bonds is 7. The van der Waals surface area contributed by atoms with Crippen LogP contribution in [0, 0.1) is 0 Å². The highest BCUT2D eigenvalue weighted by Crippen LogP contribution is 2.18. The van der Waals surface area contributed by atoms with Crippen LogP contribution in [0.3, 0.4) is 0 Å². The Hall–Kier alpha value is -2.88. The molecule has 0 radical (unpaired) electrons. The van der Waals surface area contributed by atoms with Gasteiger partial charge >= 0.3 is 0 Å². The summed E-state index contributed by atoms with van der Waals surface area (Å²) >= 11 is 0. The molecule has 0 heterocycles. The molecule has 4 nitrogen and oxygen atoms in total. The van der Waals surface area contributed by atoms with Crippen LogP contribution in [-0.2, 0) is 6.42 Å². The molecule has 1 amide bonds. The Kier molecular flexibility index (Phi) is 6.52. The summed E-state index contributed by atoms with van der Waals surface area (Å²) in [6.45, 7) is 7.91. The van der Waals surface area contributed by atoms with Gasteiger partial charge in [0.1, 0.15) is 0 Å². The van der Waals surface area contributed by atoms with Crippen molar-refractivity contribution >= 4 is 17.8 Å². The highest BCUT2D eigenvalue weighted by molar-refractivity contribution is 5.99. The molecule has 0 aromatic heterocycles. The average Bonchev–Trinajstić information content (AvgIpc) is 2.62. The molecule has 25 heavy (non-hydrogen) atoms. The number of amides is 1. The normalized spacial score (nSPS) is 12.1. The number of nitrogen functional groups attached to an aromatic ring is 1. The van der Waals surface area contributed by atoms with Crippen LogP contribution in [-0.4, -0.2) is 23.2 Å². The van der Waals surface area contributed by atoms with Gasteiger partial charge in [0, 0.05) is 5.69 Å². The van der Waals surface area contributed by atoms with E-state index in [0.29, 0.717) is 17.7 Å². The number of anilines is 1. The van der Waals surface area contributed by atoms with Crippen molar-refractivity contribution in [3.05, 3.63) is 77.9 Å². The molecule has 0 aliphatic heterocycles. The van der Waals surface area contributed by atoms with E-state index >= 15 is 0 Å². The molecule has 0 spiro atoms. The van der Waals surface area contributed by atoms with Crippen molar-refractivity contribution in [1.82, 2.24) is 5.01 Å². The molecule has 1 unspecified atom stereocenters. The van der Waals surface area contributed by atoms with Crippen molar-refractivity contribution in [3.63, 3.8) is 0 Å². The van der Waals surface area contributed by atoms with Crippen molar-refractivity contribution in [3.8, 4) is 0 Å². The Balaban J connectivity index is 2.29. The number of nitrogens with two attached hydrogens (primary N) is 1. The third-order valence-corrected chi connectivity index (χ3v) is 4.01. The molecular weight excluding hydrogens is 310 g/mol. The van der Waals surface area contributed by atoms with E-state index in [1.54, 1.807) is 24.4 Å². The van der Waals surface area contributed by atoms with Crippen LogP contribution in [0.1, 0.15) is 36.2 Å². The summed E-state index contributed by atoms with van der Waals surface area (Å²) in [4.78, 5) is 13.0. The maximum Gasteiger partial charge on any atom is 0.276 e. The minimum atomic E-state index is -0.207. The smallest absolute Gasteiger partial charge is 0.276 e. The first-order valence-corrected chi connectivity index (χ1v) is 8.46. The van der Waals surface area contributed by atoms with Gasteiger partial charge in [-0.05, 0) is 43.0 Å². The van der Waals surface area contributed by atoms with E-state index in [4.69, 9.17) is 5.73 Å². The summed E-state index contributed by atoms with van der Waals surface area (Å²) < 4.78 is 0. The van der Waals surface area contributed by atoms with E-state index in [9.17, 15) is 4.79 Å². The largest absolute Gasteiger partial charge is 0.398 e. The summed E-state index contributed by atoms with van der Waals surface area (Å²) in [6, 6.07) is 17.0. The predicted molar refractivity (Wildman–Crippen MR) is 105 cm³/mol. The second kappa shape index (κ2) is 8.83. The zero-order chi connectivity index (χ0) is 18.2. The first kappa shape index (κ1) is 18.5. The van der Waals surface area contributed by atoms with Crippen LogP contribution in [0.15, 0.2) is 71.9 Å². The first-order valence-electron chi connectivity index (χ1n) is 8.46. The fourth-order valence-corrected chi connectivity index (χ4v) is 2.46. The van der Waals surface area contributed by atoms with Crippen LogP contribution < -0.4 is 5.73 Å². The van der Waals surface area contributed by atoms with Gasteiger partial charge in [-0.2, -0.15) is 5.10 Å². The molecule has 0 saturated heterocycles. The Morgan fingerprint density at radius 2 is 1.84 bits per heavy atom. The third-order valence-electron chi connectivity index (χ3n) is 4.01. The minimum absolute atomic E-state index is 0.115. The fraction of sp³-hybridized carbons (Fsp3) is 0.238. The molecule has 0 bridgehead atoms. The molecule has 0 saturated carbocycles.